The molecule has 0 bridgehead atoms. The zero-order valence-corrected chi connectivity index (χ0v) is 9.86. The molecule has 1 unspecified atom stereocenters. The fourth-order valence-electron chi connectivity index (χ4n) is 2.53. The van der Waals surface area contributed by atoms with Crippen LogP contribution in [0.2, 0.25) is 0 Å². The van der Waals surface area contributed by atoms with Crippen LogP contribution in [-0.4, -0.2) is 24.6 Å². The molecule has 16 heavy (non-hydrogen) atoms. The summed E-state index contributed by atoms with van der Waals surface area (Å²) in [6.07, 6.45) is 5.53. The van der Waals surface area contributed by atoms with Gasteiger partial charge in [0, 0.05) is 11.6 Å². The molecular formula is C14H19NO. The number of rotatable bonds is 3. The predicted molar refractivity (Wildman–Crippen MR) is 64.7 cm³/mol. The first-order valence-corrected chi connectivity index (χ1v) is 6.30. The zero-order chi connectivity index (χ0) is 11.0. The molecule has 86 valence electrons. The van der Waals surface area contributed by atoms with Gasteiger partial charge in [0.05, 0.1) is 6.10 Å². The van der Waals surface area contributed by atoms with Crippen LogP contribution in [0.5, 0.6) is 5.75 Å². The van der Waals surface area contributed by atoms with Crippen molar-refractivity contribution in [1.29, 1.82) is 0 Å². The number of para-hydroxylation sites is 1. The standard InChI is InChI=1S/C14H19NO/c1-15-10-4-6-13(15)12-5-2-3-7-14(12)16-11-8-9-11/h2-3,5,7,11,13H,4,6,8-10H2,1H3. The summed E-state index contributed by atoms with van der Waals surface area (Å²) in [6, 6.07) is 9.12. The van der Waals surface area contributed by atoms with Crippen LogP contribution in [-0.2, 0) is 0 Å². The molecule has 3 rings (SSSR count). The second-order valence-corrected chi connectivity index (χ2v) is 4.99. The lowest BCUT2D eigenvalue weighted by molar-refractivity contribution is 0.275. The van der Waals surface area contributed by atoms with Crippen molar-refractivity contribution in [2.24, 2.45) is 0 Å². The van der Waals surface area contributed by atoms with E-state index in [2.05, 4.69) is 36.2 Å². The highest BCUT2D eigenvalue weighted by Crippen LogP contribution is 2.38. The van der Waals surface area contributed by atoms with Gasteiger partial charge in [-0.1, -0.05) is 18.2 Å². The summed E-state index contributed by atoms with van der Waals surface area (Å²) in [6.45, 7) is 1.21. The Labute approximate surface area is 97.2 Å². The third-order valence-corrected chi connectivity index (χ3v) is 3.62. The van der Waals surface area contributed by atoms with Gasteiger partial charge in [0.25, 0.3) is 0 Å². The largest absolute Gasteiger partial charge is 0.490 e. The third kappa shape index (κ3) is 1.94. The van der Waals surface area contributed by atoms with Crippen molar-refractivity contribution in [2.45, 2.75) is 37.8 Å². The molecule has 1 saturated carbocycles. The summed E-state index contributed by atoms with van der Waals surface area (Å²) >= 11 is 0. The van der Waals surface area contributed by atoms with Crippen LogP contribution in [0.1, 0.15) is 37.3 Å². The lowest BCUT2D eigenvalue weighted by Crippen LogP contribution is -2.18. The minimum atomic E-state index is 0.493. The molecule has 2 heteroatoms. The molecule has 1 aromatic carbocycles. The lowest BCUT2D eigenvalue weighted by atomic mass is 10.0. The molecule has 2 fully saturated rings. The maximum absolute atomic E-state index is 5.99. The Morgan fingerprint density at radius 2 is 2.00 bits per heavy atom. The van der Waals surface area contributed by atoms with E-state index in [0.29, 0.717) is 12.1 Å². The molecule has 0 N–H and O–H groups in total. The lowest BCUT2D eigenvalue weighted by Gasteiger charge is -2.22. The SMILES string of the molecule is CN1CCCC1c1ccccc1OC1CC1. The van der Waals surface area contributed by atoms with E-state index < -0.39 is 0 Å². The first-order valence-electron chi connectivity index (χ1n) is 6.30. The minimum absolute atomic E-state index is 0.493. The molecule has 1 heterocycles. The first kappa shape index (κ1) is 10.2. The molecule has 1 aliphatic carbocycles. The van der Waals surface area contributed by atoms with Crippen LogP contribution in [0.25, 0.3) is 0 Å². The molecule has 0 amide bonds. The van der Waals surface area contributed by atoms with Crippen molar-refractivity contribution in [2.75, 3.05) is 13.6 Å². The van der Waals surface area contributed by atoms with Crippen LogP contribution < -0.4 is 4.74 Å². The van der Waals surface area contributed by atoms with E-state index in [4.69, 9.17) is 4.74 Å². The Hall–Kier alpha value is -1.02. The van der Waals surface area contributed by atoms with Gasteiger partial charge in [0.2, 0.25) is 0 Å². The highest BCUT2D eigenvalue weighted by molar-refractivity contribution is 5.36. The number of hydrogen-bond acceptors (Lipinski definition) is 2. The smallest absolute Gasteiger partial charge is 0.124 e. The summed E-state index contributed by atoms with van der Waals surface area (Å²) in [7, 11) is 2.21. The number of hydrogen-bond donors (Lipinski definition) is 0. The van der Waals surface area contributed by atoms with Crippen molar-refractivity contribution >= 4 is 0 Å². The van der Waals surface area contributed by atoms with Gasteiger partial charge in [-0.2, -0.15) is 0 Å². The van der Waals surface area contributed by atoms with Gasteiger partial charge in [-0.15, -0.1) is 0 Å². The normalized spacial score (nSPS) is 25.9. The number of ether oxygens (including phenoxy) is 1. The van der Waals surface area contributed by atoms with Gasteiger partial charge >= 0.3 is 0 Å². The summed E-state index contributed by atoms with van der Waals surface area (Å²) in [5.41, 5.74) is 1.38. The number of benzene rings is 1. The molecule has 1 aliphatic heterocycles. The van der Waals surface area contributed by atoms with Gasteiger partial charge in [0.15, 0.2) is 0 Å². The van der Waals surface area contributed by atoms with Crippen molar-refractivity contribution in [3.63, 3.8) is 0 Å². The quantitative estimate of drug-likeness (QED) is 0.771. The van der Waals surface area contributed by atoms with Crippen LogP contribution in [0.3, 0.4) is 0 Å². The Morgan fingerprint density at radius 3 is 2.69 bits per heavy atom. The maximum Gasteiger partial charge on any atom is 0.124 e. The van der Waals surface area contributed by atoms with Crippen molar-refractivity contribution in [3.05, 3.63) is 29.8 Å². The second-order valence-electron chi connectivity index (χ2n) is 4.99. The average molecular weight is 217 g/mol. The van der Waals surface area contributed by atoms with Crippen molar-refractivity contribution in [3.8, 4) is 5.75 Å². The van der Waals surface area contributed by atoms with Crippen LogP contribution in [0.4, 0.5) is 0 Å². The first-order chi connectivity index (χ1) is 7.84. The zero-order valence-electron chi connectivity index (χ0n) is 9.86. The monoisotopic (exact) mass is 217 g/mol. The topological polar surface area (TPSA) is 12.5 Å². The summed E-state index contributed by atoms with van der Waals surface area (Å²) in [4.78, 5) is 2.44. The highest BCUT2D eigenvalue weighted by atomic mass is 16.5. The molecule has 1 atom stereocenters. The van der Waals surface area contributed by atoms with Crippen molar-refractivity contribution in [1.82, 2.24) is 4.90 Å². The molecule has 1 saturated heterocycles. The minimum Gasteiger partial charge on any atom is -0.490 e. The van der Waals surface area contributed by atoms with Gasteiger partial charge in [-0.3, -0.25) is 4.90 Å². The van der Waals surface area contributed by atoms with Gasteiger partial charge in [-0.05, 0) is 45.3 Å². The molecule has 1 aromatic rings. The summed E-state index contributed by atoms with van der Waals surface area (Å²) in [5, 5.41) is 0. The van der Waals surface area contributed by atoms with E-state index in [1.54, 1.807) is 0 Å². The fraction of sp³-hybridized carbons (Fsp3) is 0.571. The van der Waals surface area contributed by atoms with E-state index in [1.165, 1.54) is 37.8 Å². The molecule has 0 aromatic heterocycles. The second kappa shape index (κ2) is 4.10. The Morgan fingerprint density at radius 1 is 1.19 bits per heavy atom. The molecule has 0 radical (unpaired) electrons. The number of nitrogens with zero attached hydrogens (tertiary/aromatic N) is 1. The van der Waals surface area contributed by atoms with Crippen LogP contribution in [0.15, 0.2) is 24.3 Å². The van der Waals surface area contributed by atoms with E-state index in [0.717, 1.165) is 5.75 Å². The highest BCUT2D eigenvalue weighted by Gasteiger charge is 2.28. The predicted octanol–water partition coefficient (Wildman–Crippen LogP) is 2.99. The Balaban J connectivity index is 1.86. The fourth-order valence-corrected chi connectivity index (χ4v) is 2.53. The average Bonchev–Trinajstić information content (AvgIpc) is 3.00. The third-order valence-electron chi connectivity index (χ3n) is 3.62. The Bertz CT molecular complexity index is 373. The van der Waals surface area contributed by atoms with Gasteiger partial charge in [0.1, 0.15) is 5.75 Å². The summed E-state index contributed by atoms with van der Waals surface area (Å²) in [5.74, 6) is 1.11. The Kier molecular flexibility index (Phi) is 2.60. The summed E-state index contributed by atoms with van der Waals surface area (Å²) < 4.78 is 5.99. The van der Waals surface area contributed by atoms with Crippen molar-refractivity contribution < 1.29 is 4.74 Å². The number of likely N-dealkylation sites (tertiary alicyclic amines) is 1. The van der Waals surface area contributed by atoms with E-state index in [-0.39, 0.29) is 0 Å². The molecular weight excluding hydrogens is 198 g/mol. The van der Waals surface area contributed by atoms with E-state index in [9.17, 15) is 0 Å². The molecule has 2 nitrogen and oxygen atoms in total. The molecule has 0 spiro atoms. The van der Waals surface area contributed by atoms with Gasteiger partial charge in [-0.25, -0.2) is 0 Å². The molecule has 2 aliphatic rings. The van der Waals surface area contributed by atoms with Crippen LogP contribution >= 0.6 is 0 Å². The van der Waals surface area contributed by atoms with Crippen LogP contribution in [0, 0.1) is 0 Å². The van der Waals surface area contributed by atoms with Gasteiger partial charge < -0.3 is 4.74 Å². The van der Waals surface area contributed by atoms with E-state index in [1.807, 2.05) is 0 Å². The maximum atomic E-state index is 5.99. The van der Waals surface area contributed by atoms with E-state index >= 15 is 0 Å².